The fourth-order valence-electron chi connectivity index (χ4n) is 0.953. The van der Waals surface area contributed by atoms with Gasteiger partial charge in [-0.25, -0.2) is 9.97 Å². The average molecular weight is 179 g/mol. The molecular formula is C9H13N3O. The Kier molecular flexibility index (Phi) is 2.95. The monoisotopic (exact) mass is 179 g/mol. The number of amides is 1. The predicted molar refractivity (Wildman–Crippen MR) is 49.1 cm³/mol. The summed E-state index contributed by atoms with van der Waals surface area (Å²) in [5, 5.41) is 0. The van der Waals surface area contributed by atoms with E-state index in [1.54, 1.807) is 0 Å². The van der Waals surface area contributed by atoms with Gasteiger partial charge in [-0.05, 0) is 5.92 Å². The van der Waals surface area contributed by atoms with E-state index in [0.717, 1.165) is 12.2 Å². The van der Waals surface area contributed by atoms with Crippen LogP contribution >= 0.6 is 0 Å². The first kappa shape index (κ1) is 9.64. The minimum Gasteiger partial charge on any atom is -0.366 e. The number of rotatable bonds is 3. The van der Waals surface area contributed by atoms with Gasteiger partial charge in [0.05, 0.1) is 5.56 Å². The van der Waals surface area contributed by atoms with Crippen molar-refractivity contribution in [1.29, 1.82) is 0 Å². The van der Waals surface area contributed by atoms with Crippen molar-refractivity contribution in [2.75, 3.05) is 0 Å². The van der Waals surface area contributed by atoms with Crippen molar-refractivity contribution in [3.05, 3.63) is 23.8 Å². The van der Waals surface area contributed by atoms with Gasteiger partial charge in [-0.15, -0.1) is 0 Å². The standard InChI is InChI=1S/C9H13N3O/c1-6(2)3-8-11-4-7(5-12-8)9(10)13/h4-6H,3H2,1-2H3,(H2,10,13). The Morgan fingerprint density at radius 2 is 2.00 bits per heavy atom. The van der Waals surface area contributed by atoms with Gasteiger partial charge in [0.15, 0.2) is 0 Å². The van der Waals surface area contributed by atoms with Crippen LogP contribution < -0.4 is 5.73 Å². The summed E-state index contributed by atoms with van der Waals surface area (Å²) in [7, 11) is 0. The molecule has 0 bridgehead atoms. The lowest BCUT2D eigenvalue weighted by atomic mass is 10.1. The number of carbonyl (C=O) groups is 1. The van der Waals surface area contributed by atoms with Crippen molar-refractivity contribution < 1.29 is 4.79 Å². The normalized spacial score (nSPS) is 10.4. The van der Waals surface area contributed by atoms with E-state index in [9.17, 15) is 4.79 Å². The highest BCUT2D eigenvalue weighted by Gasteiger charge is 2.03. The third-order valence-electron chi connectivity index (χ3n) is 1.58. The van der Waals surface area contributed by atoms with E-state index in [1.807, 2.05) is 0 Å². The van der Waals surface area contributed by atoms with Gasteiger partial charge in [0.2, 0.25) is 0 Å². The molecular weight excluding hydrogens is 166 g/mol. The van der Waals surface area contributed by atoms with Gasteiger partial charge in [0.1, 0.15) is 5.82 Å². The van der Waals surface area contributed by atoms with Crippen LogP contribution in [0.15, 0.2) is 12.4 Å². The Balaban J connectivity index is 2.75. The van der Waals surface area contributed by atoms with Gasteiger partial charge in [-0.3, -0.25) is 4.79 Å². The van der Waals surface area contributed by atoms with Crippen LogP contribution in [0.4, 0.5) is 0 Å². The van der Waals surface area contributed by atoms with Crippen molar-refractivity contribution in [3.8, 4) is 0 Å². The lowest BCUT2D eigenvalue weighted by molar-refractivity contribution is 0.0999. The summed E-state index contributed by atoms with van der Waals surface area (Å²) < 4.78 is 0. The van der Waals surface area contributed by atoms with Gasteiger partial charge in [-0.1, -0.05) is 13.8 Å². The van der Waals surface area contributed by atoms with Gasteiger partial charge in [-0.2, -0.15) is 0 Å². The number of aromatic nitrogens is 2. The minimum atomic E-state index is -0.490. The molecule has 1 rings (SSSR count). The molecule has 0 radical (unpaired) electrons. The van der Waals surface area contributed by atoms with Crippen molar-refractivity contribution >= 4 is 5.91 Å². The Bertz CT molecular complexity index is 292. The molecule has 0 aliphatic carbocycles. The zero-order chi connectivity index (χ0) is 9.84. The van der Waals surface area contributed by atoms with E-state index in [4.69, 9.17) is 5.73 Å². The summed E-state index contributed by atoms with van der Waals surface area (Å²) in [6, 6.07) is 0. The van der Waals surface area contributed by atoms with Crippen LogP contribution in [0.1, 0.15) is 30.0 Å². The summed E-state index contributed by atoms with van der Waals surface area (Å²) in [5.41, 5.74) is 5.40. The Labute approximate surface area is 77.2 Å². The fourth-order valence-corrected chi connectivity index (χ4v) is 0.953. The summed E-state index contributed by atoms with van der Waals surface area (Å²) in [4.78, 5) is 18.7. The summed E-state index contributed by atoms with van der Waals surface area (Å²) in [6.45, 7) is 4.18. The second-order valence-corrected chi connectivity index (χ2v) is 3.35. The highest BCUT2D eigenvalue weighted by molar-refractivity contribution is 5.91. The van der Waals surface area contributed by atoms with Crippen molar-refractivity contribution in [3.63, 3.8) is 0 Å². The average Bonchev–Trinajstić information content (AvgIpc) is 2.04. The van der Waals surface area contributed by atoms with Gasteiger partial charge in [0, 0.05) is 18.8 Å². The number of carbonyl (C=O) groups excluding carboxylic acids is 1. The fraction of sp³-hybridized carbons (Fsp3) is 0.444. The number of nitrogens with two attached hydrogens (primary N) is 1. The SMILES string of the molecule is CC(C)Cc1ncc(C(N)=O)cn1. The molecule has 0 spiro atoms. The second kappa shape index (κ2) is 3.98. The van der Waals surface area contributed by atoms with E-state index in [2.05, 4.69) is 23.8 Å². The van der Waals surface area contributed by atoms with Gasteiger partial charge in [0.25, 0.3) is 5.91 Å². The van der Waals surface area contributed by atoms with Crippen molar-refractivity contribution in [2.45, 2.75) is 20.3 Å². The highest BCUT2D eigenvalue weighted by atomic mass is 16.1. The molecule has 0 aliphatic rings. The maximum atomic E-state index is 10.7. The summed E-state index contributed by atoms with van der Waals surface area (Å²) >= 11 is 0. The second-order valence-electron chi connectivity index (χ2n) is 3.35. The topological polar surface area (TPSA) is 68.9 Å². The molecule has 0 atom stereocenters. The van der Waals surface area contributed by atoms with E-state index in [0.29, 0.717) is 11.5 Å². The van der Waals surface area contributed by atoms with Crippen LogP contribution in [-0.2, 0) is 6.42 Å². The first-order chi connectivity index (χ1) is 6.09. The molecule has 4 nitrogen and oxygen atoms in total. The number of hydrogen-bond acceptors (Lipinski definition) is 3. The predicted octanol–water partition coefficient (Wildman–Crippen LogP) is 0.774. The maximum absolute atomic E-state index is 10.7. The molecule has 70 valence electrons. The first-order valence-corrected chi connectivity index (χ1v) is 4.20. The van der Waals surface area contributed by atoms with Crippen LogP contribution in [-0.4, -0.2) is 15.9 Å². The van der Waals surface area contributed by atoms with E-state index < -0.39 is 5.91 Å². The smallest absolute Gasteiger partial charge is 0.251 e. The molecule has 1 aromatic heterocycles. The zero-order valence-electron chi connectivity index (χ0n) is 7.82. The molecule has 0 fully saturated rings. The molecule has 0 saturated heterocycles. The van der Waals surface area contributed by atoms with E-state index in [-0.39, 0.29) is 0 Å². The molecule has 1 heterocycles. The van der Waals surface area contributed by atoms with Gasteiger partial charge >= 0.3 is 0 Å². The van der Waals surface area contributed by atoms with Crippen LogP contribution in [0.3, 0.4) is 0 Å². The molecule has 1 aromatic rings. The van der Waals surface area contributed by atoms with Crippen molar-refractivity contribution in [2.24, 2.45) is 11.7 Å². The molecule has 0 saturated carbocycles. The lowest BCUT2D eigenvalue weighted by Crippen LogP contribution is -2.12. The number of nitrogens with zero attached hydrogens (tertiary/aromatic N) is 2. The summed E-state index contributed by atoms with van der Waals surface area (Å²) in [6.07, 6.45) is 3.75. The quantitative estimate of drug-likeness (QED) is 0.745. The van der Waals surface area contributed by atoms with Gasteiger partial charge < -0.3 is 5.73 Å². The first-order valence-electron chi connectivity index (χ1n) is 4.20. The van der Waals surface area contributed by atoms with E-state index >= 15 is 0 Å². The number of primary amides is 1. The summed E-state index contributed by atoms with van der Waals surface area (Å²) in [5.74, 6) is 0.774. The largest absolute Gasteiger partial charge is 0.366 e. The molecule has 4 heteroatoms. The minimum absolute atomic E-state index is 0.354. The molecule has 1 amide bonds. The maximum Gasteiger partial charge on any atom is 0.251 e. The lowest BCUT2D eigenvalue weighted by Gasteiger charge is -2.02. The number of hydrogen-bond donors (Lipinski definition) is 1. The third kappa shape index (κ3) is 2.82. The molecule has 13 heavy (non-hydrogen) atoms. The molecule has 0 aromatic carbocycles. The Hall–Kier alpha value is -1.45. The zero-order valence-corrected chi connectivity index (χ0v) is 7.82. The van der Waals surface area contributed by atoms with E-state index in [1.165, 1.54) is 12.4 Å². The Morgan fingerprint density at radius 1 is 1.46 bits per heavy atom. The Morgan fingerprint density at radius 3 is 2.38 bits per heavy atom. The molecule has 2 N–H and O–H groups in total. The molecule has 0 unspecified atom stereocenters. The van der Waals surface area contributed by atoms with Crippen LogP contribution in [0.5, 0.6) is 0 Å². The van der Waals surface area contributed by atoms with Crippen LogP contribution in [0.25, 0.3) is 0 Å². The molecule has 0 aliphatic heterocycles. The highest BCUT2D eigenvalue weighted by Crippen LogP contribution is 2.02. The van der Waals surface area contributed by atoms with Crippen molar-refractivity contribution in [1.82, 2.24) is 9.97 Å². The van der Waals surface area contributed by atoms with Crippen LogP contribution in [0, 0.1) is 5.92 Å². The third-order valence-corrected chi connectivity index (χ3v) is 1.58. The van der Waals surface area contributed by atoms with Crippen LogP contribution in [0.2, 0.25) is 0 Å².